The van der Waals surface area contributed by atoms with E-state index in [0.29, 0.717) is 0 Å². The molecule has 0 fully saturated rings. The highest BCUT2D eigenvalue weighted by Gasteiger charge is 2.16. The second-order valence-corrected chi connectivity index (χ2v) is 4.94. The fraction of sp³-hybridized carbons (Fsp3) is 0.133. The summed E-state index contributed by atoms with van der Waals surface area (Å²) < 4.78 is 28.6. The van der Waals surface area contributed by atoms with Gasteiger partial charge in [0.05, 0.1) is 18.4 Å². The van der Waals surface area contributed by atoms with E-state index in [4.69, 9.17) is 5.26 Å². The summed E-state index contributed by atoms with van der Waals surface area (Å²) in [5.41, 5.74) is 0.668. The molecule has 0 saturated carbocycles. The molecule has 2 heterocycles. The van der Waals surface area contributed by atoms with Gasteiger partial charge in [0.2, 0.25) is 0 Å². The molecule has 0 aliphatic rings. The molecular formula is C15H11F2N5O. The topological polar surface area (TPSA) is 86.2 Å². The molecule has 0 bridgehead atoms. The Morgan fingerprint density at radius 1 is 1.39 bits per heavy atom. The lowest BCUT2D eigenvalue weighted by molar-refractivity contribution is 0.462. The van der Waals surface area contributed by atoms with Gasteiger partial charge in [0, 0.05) is 5.56 Å². The van der Waals surface area contributed by atoms with Crippen molar-refractivity contribution in [2.75, 3.05) is 5.32 Å². The second-order valence-electron chi connectivity index (χ2n) is 4.94. The standard InChI is InChI=1S/C15H11F2N5O/c1-8(11-4-10(16)2-3-13(11)23)20-14-12(17)7-22-15(21-14)9(5-18)6-19-22/h2-4,6-8,23H,1H3,(H,20,21)/t8-/m1/s1. The maximum atomic E-state index is 14.1. The molecule has 0 aliphatic heterocycles. The molecule has 8 heteroatoms. The minimum absolute atomic E-state index is 0.116. The van der Waals surface area contributed by atoms with Gasteiger partial charge >= 0.3 is 0 Å². The fourth-order valence-electron chi connectivity index (χ4n) is 2.22. The Kier molecular flexibility index (Phi) is 3.54. The molecule has 0 radical (unpaired) electrons. The van der Waals surface area contributed by atoms with Gasteiger partial charge in [-0.05, 0) is 25.1 Å². The molecule has 23 heavy (non-hydrogen) atoms. The third kappa shape index (κ3) is 2.64. The van der Waals surface area contributed by atoms with E-state index in [1.54, 1.807) is 6.92 Å². The van der Waals surface area contributed by atoms with E-state index >= 15 is 0 Å². The van der Waals surface area contributed by atoms with Crippen LogP contribution < -0.4 is 5.32 Å². The number of nitrogens with one attached hydrogen (secondary N) is 1. The summed E-state index contributed by atoms with van der Waals surface area (Å²) in [5.74, 6) is -1.44. The monoisotopic (exact) mass is 315 g/mol. The molecule has 2 N–H and O–H groups in total. The summed E-state index contributed by atoms with van der Waals surface area (Å²) in [6.07, 6.45) is 2.37. The van der Waals surface area contributed by atoms with E-state index in [9.17, 15) is 13.9 Å². The summed E-state index contributed by atoms with van der Waals surface area (Å²) in [6, 6.07) is 4.81. The molecule has 0 aliphatic carbocycles. The molecule has 0 amide bonds. The molecule has 2 aromatic heterocycles. The number of aromatic nitrogens is 3. The van der Waals surface area contributed by atoms with Crippen LogP contribution in [0.25, 0.3) is 5.65 Å². The Morgan fingerprint density at radius 3 is 2.91 bits per heavy atom. The zero-order valence-corrected chi connectivity index (χ0v) is 12.0. The maximum Gasteiger partial charge on any atom is 0.183 e. The smallest absolute Gasteiger partial charge is 0.183 e. The number of anilines is 1. The van der Waals surface area contributed by atoms with Gasteiger partial charge in [-0.25, -0.2) is 18.3 Å². The predicted octanol–water partition coefficient (Wildman–Crippen LogP) is 2.76. The van der Waals surface area contributed by atoms with E-state index in [1.807, 2.05) is 6.07 Å². The number of phenols is 1. The molecule has 116 valence electrons. The van der Waals surface area contributed by atoms with Crippen LogP contribution in [0.4, 0.5) is 14.6 Å². The summed E-state index contributed by atoms with van der Waals surface area (Å²) in [7, 11) is 0. The zero-order valence-electron chi connectivity index (χ0n) is 12.0. The molecule has 0 spiro atoms. The molecule has 1 aromatic carbocycles. The molecule has 0 unspecified atom stereocenters. The Balaban J connectivity index is 1.99. The summed E-state index contributed by atoms with van der Waals surface area (Å²) in [6.45, 7) is 1.63. The summed E-state index contributed by atoms with van der Waals surface area (Å²) in [5, 5.41) is 25.4. The van der Waals surface area contributed by atoms with Crippen molar-refractivity contribution >= 4 is 11.5 Å². The number of halogens is 2. The molecule has 3 aromatic rings. The third-order valence-corrected chi connectivity index (χ3v) is 3.38. The maximum absolute atomic E-state index is 14.1. The summed E-state index contributed by atoms with van der Waals surface area (Å²) in [4.78, 5) is 4.04. The number of nitriles is 1. The first-order valence-corrected chi connectivity index (χ1v) is 6.68. The molecular weight excluding hydrogens is 304 g/mol. The lowest BCUT2D eigenvalue weighted by Crippen LogP contribution is -2.11. The van der Waals surface area contributed by atoms with Gasteiger partial charge in [-0.1, -0.05) is 0 Å². The average Bonchev–Trinajstić information content (AvgIpc) is 2.91. The first-order valence-electron chi connectivity index (χ1n) is 6.68. The lowest BCUT2D eigenvalue weighted by Gasteiger charge is -2.16. The van der Waals surface area contributed by atoms with Crippen LogP contribution in [0.5, 0.6) is 5.75 Å². The van der Waals surface area contributed by atoms with Gasteiger partial charge in [-0.15, -0.1) is 0 Å². The minimum Gasteiger partial charge on any atom is -0.508 e. The Morgan fingerprint density at radius 2 is 2.17 bits per heavy atom. The number of phenolic OH excluding ortho intramolecular Hbond substituents is 1. The fourth-order valence-corrected chi connectivity index (χ4v) is 2.22. The summed E-state index contributed by atoms with van der Waals surface area (Å²) >= 11 is 0. The largest absolute Gasteiger partial charge is 0.508 e. The highest BCUT2D eigenvalue weighted by Crippen LogP contribution is 2.28. The Labute approximate surface area is 129 Å². The number of hydrogen-bond donors (Lipinski definition) is 2. The lowest BCUT2D eigenvalue weighted by atomic mass is 10.1. The number of hydrogen-bond acceptors (Lipinski definition) is 5. The van der Waals surface area contributed by atoms with E-state index in [1.165, 1.54) is 12.3 Å². The van der Waals surface area contributed by atoms with Crippen molar-refractivity contribution < 1.29 is 13.9 Å². The molecule has 0 saturated heterocycles. The van der Waals surface area contributed by atoms with Crippen molar-refractivity contribution in [2.24, 2.45) is 0 Å². The van der Waals surface area contributed by atoms with Crippen molar-refractivity contribution in [3.05, 3.63) is 53.4 Å². The molecule has 1 atom stereocenters. The van der Waals surface area contributed by atoms with Crippen LogP contribution in [0, 0.1) is 23.0 Å². The van der Waals surface area contributed by atoms with Gasteiger partial charge in [-0.2, -0.15) is 10.4 Å². The number of rotatable bonds is 3. The molecule has 3 rings (SSSR count). The van der Waals surface area contributed by atoms with Crippen molar-refractivity contribution in [2.45, 2.75) is 13.0 Å². The van der Waals surface area contributed by atoms with Gasteiger partial charge in [0.15, 0.2) is 17.3 Å². The number of fused-ring (bicyclic) bond motifs is 1. The van der Waals surface area contributed by atoms with Crippen LogP contribution in [0.2, 0.25) is 0 Å². The minimum atomic E-state index is -0.687. The first kappa shape index (κ1) is 14.7. The van der Waals surface area contributed by atoms with Crippen molar-refractivity contribution in [3.63, 3.8) is 0 Å². The highest BCUT2D eigenvalue weighted by molar-refractivity contribution is 5.57. The van der Waals surface area contributed by atoms with Crippen LogP contribution in [0.1, 0.15) is 24.1 Å². The number of nitrogens with zero attached hydrogens (tertiary/aromatic N) is 4. The van der Waals surface area contributed by atoms with Crippen LogP contribution in [0.3, 0.4) is 0 Å². The highest BCUT2D eigenvalue weighted by atomic mass is 19.1. The van der Waals surface area contributed by atoms with Crippen molar-refractivity contribution in [1.29, 1.82) is 5.26 Å². The van der Waals surface area contributed by atoms with E-state index < -0.39 is 17.7 Å². The Bertz CT molecular complexity index is 931. The van der Waals surface area contributed by atoms with Gasteiger partial charge < -0.3 is 10.4 Å². The van der Waals surface area contributed by atoms with Gasteiger partial charge in [-0.3, -0.25) is 0 Å². The van der Waals surface area contributed by atoms with E-state index in [-0.39, 0.29) is 28.3 Å². The third-order valence-electron chi connectivity index (χ3n) is 3.38. The first-order chi connectivity index (χ1) is 11.0. The second kappa shape index (κ2) is 5.53. The van der Waals surface area contributed by atoms with Crippen molar-refractivity contribution in [1.82, 2.24) is 14.6 Å². The predicted molar refractivity (Wildman–Crippen MR) is 77.8 cm³/mol. The normalized spacial score (nSPS) is 12.1. The SMILES string of the molecule is C[C@@H](Nc1nc2c(C#N)cnn2cc1F)c1cc(F)ccc1O. The number of benzene rings is 1. The van der Waals surface area contributed by atoms with Crippen LogP contribution >= 0.6 is 0 Å². The van der Waals surface area contributed by atoms with Gasteiger partial charge in [0.25, 0.3) is 0 Å². The average molecular weight is 315 g/mol. The number of aromatic hydroxyl groups is 1. The Hall–Kier alpha value is -3.21. The van der Waals surface area contributed by atoms with Crippen LogP contribution in [-0.2, 0) is 0 Å². The van der Waals surface area contributed by atoms with Crippen LogP contribution in [0.15, 0.2) is 30.6 Å². The van der Waals surface area contributed by atoms with E-state index in [0.717, 1.165) is 22.8 Å². The zero-order chi connectivity index (χ0) is 16.6. The van der Waals surface area contributed by atoms with Gasteiger partial charge in [0.1, 0.15) is 23.2 Å². The van der Waals surface area contributed by atoms with E-state index in [2.05, 4.69) is 15.4 Å². The quantitative estimate of drug-likeness (QED) is 0.776. The van der Waals surface area contributed by atoms with Crippen molar-refractivity contribution in [3.8, 4) is 11.8 Å². The molecule has 6 nitrogen and oxygen atoms in total. The van der Waals surface area contributed by atoms with Crippen LogP contribution in [-0.4, -0.2) is 19.7 Å².